The van der Waals surface area contributed by atoms with E-state index >= 15 is 0 Å². The van der Waals surface area contributed by atoms with E-state index in [0.29, 0.717) is 13.0 Å². The number of hydrogen-bond donors (Lipinski definition) is 0. The number of likely N-dealkylation sites (tertiary alicyclic amines) is 1. The molecule has 1 aliphatic rings. The SMILES string of the molecule is CC(=O)SCC1CC(=O)N(Cc2ccco2)C1. The number of furan rings is 1. The van der Waals surface area contributed by atoms with E-state index in [-0.39, 0.29) is 16.9 Å². The summed E-state index contributed by atoms with van der Waals surface area (Å²) in [5.74, 6) is 1.97. The zero-order valence-electron chi connectivity index (χ0n) is 9.72. The van der Waals surface area contributed by atoms with Gasteiger partial charge in [-0.25, -0.2) is 0 Å². The number of carbonyl (C=O) groups excluding carboxylic acids is 2. The van der Waals surface area contributed by atoms with Crippen LogP contribution in [0, 0.1) is 5.92 Å². The number of rotatable bonds is 4. The third-order valence-corrected chi connectivity index (χ3v) is 3.79. The van der Waals surface area contributed by atoms with E-state index in [1.54, 1.807) is 18.1 Å². The Labute approximate surface area is 104 Å². The van der Waals surface area contributed by atoms with Crippen molar-refractivity contribution in [3.8, 4) is 0 Å². The molecule has 0 radical (unpaired) electrons. The van der Waals surface area contributed by atoms with Crippen LogP contribution in [0.1, 0.15) is 19.1 Å². The zero-order chi connectivity index (χ0) is 12.3. The van der Waals surface area contributed by atoms with Gasteiger partial charge in [0.05, 0.1) is 12.8 Å². The number of nitrogens with zero attached hydrogens (tertiary/aromatic N) is 1. The first-order chi connectivity index (χ1) is 8.15. The molecule has 0 aliphatic carbocycles. The molecule has 1 amide bonds. The van der Waals surface area contributed by atoms with Crippen molar-refractivity contribution in [3.63, 3.8) is 0 Å². The molecule has 0 spiro atoms. The molecule has 4 nitrogen and oxygen atoms in total. The number of carbonyl (C=O) groups is 2. The lowest BCUT2D eigenvalue weighted by Crippen LogP contribution is -2.24. The van der Waals surface area contributed by atoms with Gasteiger partial charge in [0.15, 0.2) is 5.12 Å². The van der Waals surface area contributed by atoms with E-state index in [0.717, 1.165) is 18.1 Å². The monoisotopic (exact) mass is 253 g/mol. The number of hydrogen-bond acceptors (Lipinski definition) is 4. The maximum Gasteiger partial charge on any atom is 0.223 e. The summed E-state index contributed by atoms with van der Waals surface area (Å²) in [4.78, 5) is 24.4. The molecule has 92 valence electrons. The van der Waals surface area contributed by atoms with Crippen molar-refractivity contribution in [3.05, 3.63) is 24.2 Å². The quantitative estimate of drug-likeness (QED) is 0.822. The van der Waals surface area contributed by atoms with Gasteiger partial charge in [0.25, 0.3) is 0 Å². The average Bonchev–Trinajstić information content (AvgIpc) is 2.87. The summed E-state index contributed by atoms with van der Waals surface area (Å²) in [6, 6.07) is 3.68. The molecule has 0 N–H and O–H groups in total. The van der Waals surface area contributed by atoms with Crippen LogP contribution in [0.5, 0.6) is 0 Å². The van der Waals surface area contributed by atoms with Crippen LogP contribution in [0.3, 0.4) is 0 Å². The molecule has 1 saturated heterocycles. The second-order valence-corrected chi connectivity index (χ2v) is 5.42. The molecule has 1 aromatic rings. The Morgan fingerprint density at radius 3 is 3.12 bits per heavy atom. The summed E-state index contributed by atoms with van der Waals surface area (Å²) in [7, 11) is 0. The van der Waals surface area contributed by atoms with Gasteiger partial charge < -0.3 is 9.32 Å². The highest BCUT2D eigenvalue weighted by Crippen LogP contribution is 2.23. The summed E-state index contributed by atoms with van der Waals surface area (Å²) in [5.41, 5.74) is 0. The van der Waals surface area contributed by atoms with Crippen molar-refractivity contribution in [2.75, 3.05) is 12.3 Å². The summed E-state index contributed by atoms with van der Waals surface area (Å²) >= 11 is 1.30. The molecule has 0 saturated carbocycles. The van der Waals surface area contributed by atoms with Crippen LogP contribution in [-0.2, 0) is 16.1 Å². The maximum atomic E-state index is 11.7. The highest BCUT2D eigenvalue weighted by atomic mass is 32.2. The Morgan fingerprint density at radius 1 is 1.65 bits per heavy atom. The van der Waals surface area contributed by atoms with Gasteiger partial charge in [0, 0.05) is 25.6 Å². The zero-order valence-corrected chi connectivity index (χ0v) is 10.5. The fraction of sp³-hybridized carbons (Fsp3) is 0.500. The lowest BCUT2D eigenvalue weighted by atomic mass is 10.1. The second-order valence-electron chi connectivity index (χ2n) is 4.23. The van der Waals surface area contributed by atoms with Crippen molar-refractivity contribution in [1.82, 2.24) is 4.90 Å². The molecule has 17 heavy (non-hydrogen) atoms. The van der Waals surface area contributed by atoms with Crippen molar-refractivity contribution in [2.45, 2.75) is 19.9 Å². The van der Waals surface area contributed by atoms with Crippen LogP contribution in [0.2, 0.25) is 0 Å². The molecule has 5 heteroatoms. The summed E-state index contributed by atoms with van der Waals surface area (Å²) in [5, 5.41) is 0.113. The minimum absolute atomic E-state index is 0.113. The first-order valence-corrected chi connectivity index (χ1v) is 6.57. The second kappa shape index (κ2) is 5.40. The van der Waals surface area contributed by atoms with Crippen LogP contribution in [0.4, 0.5) is 0 Å². The predicted octanol–water partition coefficient (Wildman–Crippen LogP) is 1.91. The number of amides is 1. The lowest BCUT2D eigenvalue weighted by Gasteiger charge is -2.14. The van der Waals surface area contributed by atoms with E-state index in [1.165, 1.54) is 11.8 Å². The van der Waals surface area contributed by atoms with E-state index < -0.39 is 0 Å². The first kappa shape index (κ1) is 12.2. The standard InChI is InChI=1S/C12H15NO3S/c1-9(14)17-8-10-5-12(15)13(6-10)7-11-3-2-4-16-11/h2-4,10H,5-8H2,1H3. The van der Waals surface area contributed by atoms with Crippen LogP contribution in [0.15, 0.2) is 22.8 Å². The van der Waals surface area contributed by atoms with E-state index in [2.05, 4.69) is 0 Å². The molecule has 0 bridgehead atoms. The van der Waals surface area contributed by atoms with Gasteiger partial charge in [0.1, 0.15) is 5.76 Å². The summed E-state index contributed by atoms with van der Waals surface area (Å²) < 4.78 is 5.22. The minimum Gasteiger partial charge on any atom is -0.467 e. The largest absolute Gasteiger partial charge is 0.467 e. The highest BCUT2D eigenvalue weighted by molar-refractivity contribution is 8.13. The molecule has 2 heterocycles. The summed E-state index contributed by atoms with van der Waals surface area (Å²) in [6.45, 7) is 2.81. The molecule has 0 aromatic carbocycles. The topological polar surface area (TPSA) is 50.5 Å². The molecule has 1 unspecified atom stereocenters. The van der Waals surface area contributed by atoms with Crippen molar-refractivity contribution in [1.29, 1.82) is 0 Å². The van der Waals surface area contributed by atoms with E-state index in [4.69, 9.17) is 4.42 Å². The predicted molar refractivity (Wildman–Crippen MR) is 65.4 cm³/mol. The van der Waals surface area contributed by atoms with Crippen molar-refractivity contribution in [2.24, 2.45) is 5.92 Å². The average molecular weight is 253 g/mol. The molecule has 1 atom stereocenters. The number of thioether (sulfide) groups is 1. The fourth-order valence-corrected chi connectivity index (χ4v) is 2.64. The minimum atomic E-state index is 0.113. The molecule has 1 fully saturated rings. The third-order valence-electron chi connectivity index (χ3n) is 2.74. The van der Waals surface area contributed by atoms with Gasteiger partial charge in [-0.1, -0.05) is 11.8 Å². The van der Waals surface area contributed by atoms with Crippen LogP contribution >= 0.6 is 11.8 Å². The van der Waals surface area contributed by atoms with Gasteiger partial charge in [-0.3, -0.25) is 9.59 Å². The maximum absolute atomic E-state index is 11.7. The van der Waals surface area contributed by atoms with Crippen molar-refractivity contribution < 1.29 is 14.0 Å². The normalized spacial score (nSPS) is 19.9. The molecular formula is C12H15NO3S. The van der Waals surface area contributed by atoms with Gasteiger partial charge >= 0.3 is 0 Å². The van der Waals surface area contributed by atoms with Gasteiger partial charge in [-0.05, 0) is 18.1 Å². The van der Waals surface area contributed by atoms with Gasteiger partial charge in [-0.15, -0.1) is 0 Å². The lowest BCUT2D eigenvalue weighted by molar-refractivity contribution is -0.128. The van der Waals surface area contributed by atoms with Crippen molar-refractivity contribution >= 4 is 22.8 Å². The van der Waals surface area contributed by atoms with Gasteiger partial charge in [-0.2, -0.15) is 0 Å². The Hall–Kier alpha value is -1.23. The molecule has 1 aromatic heterocycles. The van der Waals surface area contributed by atoms with Crippen LogP contribution < -0.4 is 0 Å². The van der Waals surface area contributed by atoms with E-state index in [1.807, 2.05) is 12.1 Å². The highest BCUT2D eigenvalue weighted by Gasteiger charge is 2.30. The molecule has 1 aliphatic heterocycles. The molecular weight excluding hydrogens is 238 g/mol. The summed E-state index contributed by atoms with van der Waals surface area (Å²) in [6.07, 6.45) is 2.15. The van der Waals surface area contributed by atoms with Crippen LogP contribution in [-0.4, -0.2) is 28.2 Å². The molecule has 2 rings (SSSR count). The third kappa shape index (κ3) is 3.36. The Morgan fingerprint density at radius 2 is 2.47 bits per heavy atom. The smallest absolute Gasteiger partial charge is 0.223 e. The Balaban J connectivity index is 1.85. The van der Waals surface area contributed by atoms with Crippen LogP contribution in [0.25, 0.3) is 0 Å². The van der Waals surface area contributed by atoms with Gasteiger partial charge in [0.2, 0.25) is 5.91 Å². The Kier molecular flexibility index (Phi) is 3.89. The fourth-order valence-electron chi connectivity index (χ4n) is 1.94. The first-order valence-electron chi connectivity index (χ1n) is 5.58. The Bertz CT molecular complexity index is 402. The van der Waals surface area contributed by atoms with E-state index in [9.17, 15) is 9.59 Å².